The summed E-state index contributed by atoms with van der Waals surface area (Å²) >= 11 is 0. The maximum absolute atomic E-state index is 12.5. The first-order valence-corrected chi connectivity index (χ1v) is 12.2. The molecule has 8 nitrogen and oxygen atoms in total. The van der Waals surface area contributed by atoms with E-state index in [0.29, 0.717) is 35.5 Å². The molecule has 1 heterocycles. The summed E-state index contributed by atoms with van der Waals surface area (Å²) in [5.41, 5.74) is 0.671. The van der Waals surface area contributed by atoms with Crippen LogP contribution in [0.15, 0.2) is 60.1 Å². The van der Waals surface area contributed by atoms with Crippen molar-refractivity contribution in [3.8, 4) is 11.5 Å². The first kappa shape index (κ1) is 28.3. The van der Waals surface area contributed by atoms with E-state index in [1.54, 1.807) is 62.8 Å². The molecule has 3 rings (SSSR count). The Morgan fingerprint density at radius 3 is 1.62 bits per heavy atom. The molecule has 0 aromatic heterocycles. The van der Waals surface area contributed by atoms with Crippen molar-refractivity contribution in [1.82, 2.24) is 0 Å². The number of hydrogen-bond donors (Lipinski definition) is 0. The monoisotopic (exact) mass is 510 g/mol. The van der Waals surface area contributed by atoms with Gasteiger partial charge in [-0.1, -0.05) is 6.08 Å². The Morgan fingerprint density at radius 2 is 1.19 bits per heavy atom. The zero-order valence-electron chi connectivity index (χ0n) is 22.4. The third-order valence-corrected chi connectivity index (χ3v) is 6.59. The van der Waals surface area contributed by atoms with Crippen molar-refractivity contribution >= 4 is 19.1 Å². The van der Waals surface area contributed by atoms with Gasteiger partial charge >= 0.3 is 19.1 Å². The van der Waals surface area contributed by atoms with E-state index in [4.69, 9.17) is 28.3 Å². The summed E-state index contributed by atoms with van der Waals surface area (Å²) in [4.78, 5) is 24.8. The van der Waals surface area contributed by atoms with Crippen molar-refractivity contribution in [2.45, 2.75) is 51.7 Å². The van der Waals surface area contributed by atoms with Crippen molar-refractivity contribution in [2.24, 2.45) is 0 Å². The third-order valence-electron chi connectivity index (χ3n) is 6.59. The van der Waals surface area contributed by atoms with Crippen LogP contribution in [0.25, 0.3) is 0 Å². The second-order valence-electron chi connectivity index (χ2n) is 9.63. The van der Waals surface area contributed by atoms with Crippen molar-refractivity contribution in [3.63, 3.8) is 0 Å². The molecule has 0 N–H and O–H groups in total. The SMILES string of the molecule is COc1ccc(C(=O)OCC/C=C(/CCOC(=O)c2ccc(OC)cc2)B2OC(C)(C)C(C)(C)O2)cc1. The summed E-state index contributed by atoms with van der Waals surface area (Å²) in [5.74, 6) is 0.487. The fourth-order valence-corrected chi connectivity index (χ4v) is 3.59. The zero-order valence-corrected chi connectivity index (χ0v) is 22.4. The smallest absolute Gasteiger partial charge is 0.490 e. The molecule has 2 aromatic rings. The highest BCUT2D eigenvalue weighted by Crippen LogP contribution is 2.39. The predicted octanol–water partition coefficient (Wildman–Crippen LogP) is 5.06. The van der Waals surface area contributed by atoms with Gasteiger partial charge in [0.2, 0.25) is 0 Å². The van der Waals surface area contributed by atoms with Crippen LogP contribution < -0.4 is 9.47 Å². The summed E-state index contributed by atoms with van der Waals surface area (Å²) in [5, 5.41) is 0. The van der Waals surface area contributed by atoms with E-state index >= 15 is 0 Å². The Morgan fingerprint density at radius 1 is 0.757 bits per heavy atom. The molecule has 0 unspecified atom stereocenters. The molecule has 1 aliphatic heterocycles. The molecule has 0 amide bonds. The Kier molecular flexibility index (Phi) is 9.40. The molecule has 0 radical (unpaired) electrons. The molecule has 9 heteroatoms. The first-order chi connectivity index (χ1) is 17.6. The van der Waals surface area contributed by atoms with Gasteiger partial charge in [-0.05, 0) is 94.5 Å². The topological polar surface area (TPSA) is 89.5 Å². The van der Waals surface area contributed by atoms with Gasteiger partial charge in [0.1, 0.15) is 11.5 Å². The molecule has 0 bridgehead atoms. The average molecular weight is 510 g/mol. The number of esters is 2. The van der Waals surface area contributed by atoms with Gasteiger partial charge in [-0.25, -0.2) is 9.59 Å². The van der Waals surface area contributed by atoms with Crippen LogP contribution in [-0.4, -0.2) is 57.7 Å². The van der Waals surface area contributed by atoms with Crippen LogP contribution in [0.4, 0.5) is 0 Å². The summed E-state index contributed by atoms with van der Waals surface area (Å²) in [6, 6.07) is 13.5. The van der Waals surface area contributed by atoms with E-state index in [0.717, 1.165) is 5.47 Å². The molecular weight excluding hydrogens is 475 g/mol. The van der Waals surface area contributed by atoms with Gasteiger partial charge in [0, 0.05) is 0 Å². The molecule has 37 heavy (non-hydrogen) atoms. The summed E-state index contributed by atoms with van der Waals surface area (Å²) in [7, 11) is 2.54. The van der Waals surface area contributed by atoms with Gasteiger partial charge < -0.3 is 28.3 Å². The van der Waals surface area contributed by atoms with Crippen LogP contribution in [0.3, 0.4) is 0 Å². The van der Waals surface area contributed by atoms with Crippen molar-refractivity contribution < 1.29 is 37.8 Å². The van der Waals surface area contributed by atoms with E-state index in [1.165, 1.54) is 0 Å². The number of ether oxygens (including phenoxy) is 4. The Labute approximate surface area is 219 Å². The fraction of sp³-hybridized carbons (Fsp3) is 0.429. The summed E-state index contributed by atoms with van der Waals surface area (Å²) in [6.45, 7) is 8.23. The lowest BCUT2D eigenvalue weighted by atomic mass is 9.75. The van der Waals surface area contributed by atoms with Gasteiger partial charge in [-0.2, -0.15) is 0 Å². The highest BCUT2D eigenvalue weighted by molar-refractivity contribution is 6.54. The molecule has 0 saturated carbocycles. The standard InChI is InChI=1S/C28H35BO8/c1-27(2)28(3,4)37-29(36-27)22(17-19-35-26(31)21-11-15-24(33-6)16-12-21)8-7-18-34-25(30)20-9-13-23(32-5)14-10-20/h8-16H,7,17-19H2,1-6H3/b22-8-. The first-order valence-electron chi connectivity index (χ1n) is 12.2. The highest BCUT2D eigenvalue weighted by atomic mass is 16.7. The van der Waals surface area contributed by atoms with Gasteiger partial charge in [0.25, 0.3) is 0 Å². The van der Waals surface area contributed by atoms with Crippen LogP contribution in [0.5, 0.6) is 11.5 Å². The summed E-state index contributed by atoms with van der Waals surface area (Å²) in [6.07, 6.45) is 2.78. The third kappa shape index (κ3) is 7.36. The molecule has 1 saturated heterocycles. The highest BCUT2D eigenvalue weighted by Gasteiger charge is 2.52. The van der Waals surface area contributed by atoms with E-state index in [9.17, 15) is 9.59 Å². The molecule has 0 spiro atoms. The van der Waals surface area contributed by atoms with Crippen LogP contribution in [0.2, 0.25) is 0 Å². The second-order valence-corrected chi connectivity index (χ2v) is 9.63. The predicted molar refractivity (Wildman–Crippen MR) is 140 cm³/mol. The van der Waals surface area contributed by atoms with Crippen LogP contribution in [0.1, 0.15) is 61.3 Å². The molecule has 1 fully saturated rings. The number of hydrogen-bond acceptors (Lipinski definition) is 8. The number of carbonyl (C=O) groups is 2. The molecule has 198 valence electrons. The van der Waals surface area contributed by atoms with E-state index in [-0.39, 0.29) is 13.2 Å². The van der Waals surface area contributed by atoms with Gasteiger partial charge in [-0.3, -0.25) is 0 Å². The lowest BCUT2D eigenvalue weighted by Gasteiger charge is -2.32. The Hall–Kier alpha value is -3.30. The number of carbonyl (C=O) groups excluding carboxylic acids is 2. The van der Waals surface area contributed by atoms with Crippen molar-refractivity contribution in [2.75, 3.05) is 27.4 Å². The zero-order chi connectivity index (χ0) is 27.1. The molecular formula is C28H35BO8. The minimum absolute atomic E-state index is 0.145. The largest absolute Gasteiger partial charge is 0.497 e. The normalized spacial score (nSPS) is 16.3. The van der Waals surface area contributed by atoms with Crippen LogP contribution >= 0.6 is 0 Å². The number of methoxy groups -OCH3 is 2. The maximum atomic E-state index is 12.5. The van der Waals surface area contributed by atoms with Crippen molar-refractivity contribution in [3.05, 3.63) is 71.2 Å². The van der Waals surface area contributed by atoms with Gasteiger partial charge in [0.05, 0.1) is 49.8 Å². The second kappa shape index (κ2) is 12.3. The fourth-order valence-electron chi connectivity index (χ4n) is 3.59. The molecule has 1 aliphatic rings. The van der Waals surface area contributed by atoms with Crippen molar-refractivity contribution in [1.29, 1.82) is 0 Å². The minimum atomic E-state index is -0.595. The maximum Gasteiger partial charge on any atom is 0.490 e. The number of rotatable bonds is 11. The Balaban J connectivity index is 1.60. The van der Waals surface area contributed by atoms with E-state index < -0.39 is 30.3 Å². The van der Waals surface area contributed by atoms with Crippen LogP contribution in [-0.2, 0) is 18.8 Å². The average Bonchev–Trinajstić information content (AvgIpc) is 3.11. The lowest BCUT2D eigenvalue weighted by Crippen LogP contribution is -2.41. The lowest BCUT2D eigenvalue weighted by molar-refractivity contribution is 0.00578. The molecule has 0 aliphatic carbocycles. The van der Waals surface area contributed by atoms with E-state index in [2.05, 4.69) is 0 Å². The Bertz CT molecular complexity index is 1070. The molecule has 2 aromatic carbocycles. The van der Waals surface area contributed by atoms with Gasteiger partial charge in [-0.15, -0.1) is 0 Å². The minimum Gasteiger partial charge on any atom is -0.497 e. The van der Waals surface area contributed by atoms with Crippen LogP contribution in [0, 0.1) is 0 Å². The quantitative estimate of drug-likeness (QED) is 0.236. The number of benzene rings is 2. The summed E-state index contributed by atoms with van der Waals surface area (Å²) < 4.78 is 33.5. The van der Waals surface area contributed by atoms with Gasteiger partial charge in [0.15, 0.2) is 0 Å². The molecule has 0 atom stereocenters. The van der Waals surface area contributed by atoms with E-state index in [1.807, 2.05) is 33.8 Å².